The Labute approximate surface area is 118 Å². The van der Waals surface area contributed by atoms with E-state index >= 15 is 0 Å². The second kappa shape index (κ2) is 5.00. The zero-order valence-electron chi connectivity index (χ0n) is 11.8. The van der Waals surface area contributed by atoms with E-state index in [1.165, 1.54) is 0 Å². The number of nitrogens with zero attached hydrogens (tertiary/aromatic N) is 1. The molecule has 2 atom stereocenters. The van der Waals surface area contributed by atoms with E-state index in [2.05, 4.69) is 0 Å². The van der Waals surface area contributed by atoms with Crippen LogP contribution in [0.4, 0.5) is 5.69 Å². The van der Waals surface area contributed by atoms with E-state index < -0.39 is 22.2 Å². The Morgan fingerprint density at radius 2 is 1.65 bits per heavy atom. The van der Waals surface area contributed by atoms with Crippen LogP contribution in [-0.4, -0.2) is 48.2 Å². The van der Waals surface area contributed by atoms with Crippen molar-refractivity contribution in [3.05, 3.63) is 22.8 Å². The Hall–Kier alpha value is -1.15. The summed E-state index contributed by atoms with van der Waals surface area (Å²) in [7, 11) is -3.77. The number of aliphatic hydroxyl groups excluding tert-OH is 2. The molecule has 0 bridgehead atoms. The molecule has 1 aromatic rings. The minimum Gasteiger partial charge on any atom is -0.398 e. The van der Waals surface area contributed by atoms with Gasteiger partial charge in [0.25, 0.3) is 0 Å². The summed E-state index contributed by atoms with van der Waals surface area (Å²) in [5, 5.41) is 19.1. The molecule has 0 amide bonds. The normalized spacial score (nSPS) is 24.2. The molecule has 7 heteroatoms. The Bertz CT molecular complexity index is 632. The number of anilines is 1. The summed E-state index contributed by atoms with van der Waals surface area (Å²) in [6.07, 6.45) is -2.10. The van der Waals surface area contributed by atoms with Crippen LogP contribution in [0.1, 0.15) is 16.7 Å². The highest BCUT2D eigenvalue weighted by molar-refractivity contribution is 7.89. The van der Waals surface area contributed by atoms with E-state index in [-0.39, 0.29) is 18.0 Å². The van der Waals surface area contributed by atoms with Gasteiger partial charge in [0.15, 0.2) is 0 Å². The molecule has 1 saturated heterocycles. The molecule has 1 aliphatic rings. The number of sulfonamides is 1. The molecule has 0 saturated carbocycles. The Morgan fingerprint density at radius 3 is 2.15 bits per heavy atom. The van der Waals surface area contributed by atoms with Crippen LogP contribution in [0.3, 0.4) is 0 Å². The number of aliphatic hydroxyl groups is 2. The van der Waals surface area contributed by atoms with Gasteiger partial charge in [-0.25, -0.2) is 8.42 Å². The highest BCUT2D eigenvalue weighted by Crippen LogP contribution is 2.31. The van der Waals surface area contributed by atoms with E-state index in [1.54, 1.807) is 19.9 Å². The first-order valence-corrected chi connectivity index (χ1v) is 7.82. The second-order valence-electron chi connectivity index (χ2n) is 5.33. The summed E-state index contributed by atoms with van der Waals surface area (Å²) in [4.78, 5) is 0.168. The van der Waals surface area contributed by atoms with Crippen molar-refractivity contribution in [3.63, 3.8) is 0 Å². The molecular formula is C13H20N2O4S. The van der Waals surface area contributed by atoms with E-state index in [9.17, 15) is 18.6 Å². The quantitative estimate of drug-likeness (QED) is 0.663. The predicted molar refractivity (Wildman–Crippen MR) is 75.8 cm³/mol. The summed E-state index contributed by atoms with van der Waals surface area (Å²) >= 11 is 0. The standard InChI is InChI=1S/C13H20N2O4S/c1-7-4-8(2)13(9(3)12(7)14)20(18,19)15-5-10(16)11(17)6-15/h4,10-11,16-17H,5-6,14H2,1-3H3/t10-,11+. The lowest BCUT2D eigenvalue weighted by Gasteiger charge is -2.20. The minimum absolute atomic E-state index is 0.101. The van der Waals surface area contributed by atoms with Crippen LogP contribution >= 0.6 is 0 Å². The van der Waals surface area contributed by atoms with Gasteiger partial charge in [-0.15, -0.1) is 0 Å². The third-order valence-corrected chi connectivity index (χ3v) is 5.91. The van der Waals surface area contributed by atoms with Crippen LogP contribution in [0.25, 0.3) is 0 Å². The minimum atomic E-state index is -3.77. The van der Waals surface area contributed by atoms with Gasteiger partial charge in [-0.1, -0.05) is 6.07 Å². The maximum Gasteiger partial charge on any atom is 0.243 e. The molecule has 20 heavy (non-hydrogen) atoms. The van der Waals surface area contributed by atoms with Gasteiger partial charge in [0.2, 0.25) is 10.0 Å². The lowest BCUT2D eigenvalue weighted by Crippen LogP contribution is -2.31. The number of nitrogens with two attached hydrogens (primary N) is 1. The molecule has 1 fully saturated rings. The third kappa shape index (κ3) is 2.31. The van der Waals surface area contributed by atoms with E-state index in [0.717, 1.165) is 9.87 Å². The number of aryl methyl sites for hydroxylation is 2. The zero-order chi connectivity index (χ0) is 15.2. The first-order valence-electron chi connectivity index (χ1n) is 6.38. The average Bonchev–Trinajstić information content (AvgIpc) is 2.67. The zero-order valence-corrected chi connectivity index (χ0v) is 12.6. The van der Waals surface area contributed by atoms with E-state index in [1.807, 2.05) is 6.92 Å². The molecule has 1 heterocycles. The van der Waals surface area contributed by atoms with Crippen molar-refractivity contribution in [3.8, 4) is 0 Å². The first kappa shape index (κ1) is 15.2. The fourth-order valence-electron chi connectivity index (χ4n) is 2.64. The van der Waals surface area contributed by atoms with Gasteiger partial charge in [-0.05, 0) is 37.5 Å². The van der Waals surface area contributed by atoms with Crippen molar-refractivity contribution < 1.29 is 18.6 Å². The van der Waals surface area contributed by atoms with Gasteiger partial charge < -0.3 is 15.9 Å². The fourth-order valence-corrected chi connectivity index (χ4v) is 4.56. The number of hydrogen-bond acceptors (Lipinski definition) is 5. The highest BCUT2D eigenvalue weighted by Gasteiger charge is 2.39. The van der Waals surface area contributed by atoms with Gasteiger partial charge in [0.05, 0.1) is 17.1 Å². The fraction of sp³-hybridized carbons (Fsp3) is 0.538. The molecule has 1 aromatic carbocycles. The molecule has 1 aliphatic heterocycles. The number of benzene rings is 1. The average molecular weight is 300 g/mol. The highest BCUT2D eigenvalue weighted by atomic mass is 32.2. The van der Waals surface area contributed by atoms with Gasteiger partial charge in [0.1, 0.15) is 0 Å². The first-order chi connectivity index (χ1) is 9.16. The second-order valence-corrected chi connectivity index (χ2v) is 7.21. The van der Waals surface area contributed by atoms with Gasteiger partial charge in [0, 0.05) is 18.8 Å². The van der Waals surface area contributed by atoms with E-state index in [4.69, 9.17) is 5.73 Å². The monoisotopic (exact) mass is 300 g/mol. The SMILES string of the molecule is Cc1cc(C)c(S(=O)(=O)N2C[C@@H](O)[C@@H](O)C2)c(C)c1N. The largest absolute Gasteiger partial charge is 0.398 e. The van der Waals surface area contributed by atoms with Crippen molar-refractivity contribution in [2.24, 2.45) is 0 Å². The summed E-state index contributed by atoms with van der Waals surface area (Å²) in [5.41, 5.74) is 8.33. The van der Waals surface area contributed by atoms with Crippen LogP contribution < -0.4 is 5.73 Å². The Balaban J connectivity index is 2.54. The molecule has 2 rings (SSSR count). The smallest absolute Gasteiger partial charge is 0.243 e. The number of rotatable bonds is 2. The maximum atomic E-state index is 12.7. The van der Waals surface area contributed by atoms with Crippen LogP contribution in [0.15, 0.2) is 11.0 Å². The van der Waals surface area contributed by atoms with Gasteiger partial charge in [-0.2, -0.15) is 4.31 Å². The number of nitrogen functional groups attached to an aromatic ring is 1. The Kier molecular flexibility index (Phi) is 3.81. The van der Waals surface area contributed by atoms with Crippen molar-refractivity contribution >= 4 is 15.7 Å². The summed E-state index contributed by atoms with van der Waals surface area (Å²) in [5.74, 6) is 0. The molecule has 0 unspecified atom stereocenters. The maximum absolute atomic E-state index is 12.7. The molecule has 4 N–H and O–H groups in total. The molecule has 6 nitrogen and oxygen atoms in total. The van der Waals surface area contributed by atoms with Crippen molar-refractivity contribution in [2.45, 2.75) is 37.9 Å². The Morgan fingerprint density at radius 1 is 1.15 bits per heavy atom. The van der Waals surface area contributed by atoms with Crippen molar-refractivity contribution in [1.29, 1.82) is 0 Å². The predicted octanol–water partition coefficient (Wildman–Crippen LogP) is -0.0798. The summed E-state index contributed by atoms with van der Waals surface area (Å²) < 4.78 is 26.5. The van der Waals surface area contributed by atoms with Crippen molar-refractivity contribution in [2.75, 3.05) is 18.8 Å². The molecule has 0 aliphatic carbocycles. The van der Waals surface area contributed by atoms with Gasteiger partial charge >= 0.3 is 0 Å². The molecular weight excluding hydrogens is 280 g/mol. The molecule has 112 valence electrons. The van der Waals surface area contributed by atoms with Gasteiger partial charge in [-0.3, -0.25) is 0 Å². The van der Waals surface area contributed by atoms with Crippen LogP contribution in [0.2, 0.25) is 0 Å². The number of hydrogen-bond donors (Lipinski definition) is 3. The van der Waals surface area contributed by atoms with E-state index in [0.29, 0.717) is 16.8 Å². The summed E-state index contributed by atoms with van der Waals surface area (Å²) in [6.45, 7) is 5.02. The van der Waals surface area contributed by atoms with Crippen LogP contribution in [0, 0.1) is 20.8 Å². The molecule has 0 spiro atoms. The number of β-amino-alcohol motifs (C(OH)–C–C–N with tert-alkyl or cyclic N) is 2. The molecule has 0 radical (unpaired) electrons. The van der Waals surface area contributed by atoms with Crippen molar-refractivity contribution in [1.82, 2.24) is 4.31 Å². The lowest BCUT2D eigenvalue weighted by molar-refractivity contribution is 0.0572. The lowest BCUT2D eigenvalue weighted by atomic mass is 10.1. The third-order valence-electron chi connectivity index (χ3n) is 3.78. The van der Waals surface area contributed by atoms with Crippen LogP contribution in [-0.2, 0) is 10.0 Å². The topological polar surface area (TPSA) is 104 Å². The summed E-state index contributed by atoms with van der Waals surface area (Å²) in [6, 6.07) is 1.73. The molecule has 0 aromatic heterocycles. The van der Waals surface area contributed by atoms with Crippen LogP contribution in [0.5, 0.6) is 0 Å².